The smallest absolute Gasteiger partial charge is 0.363 e. The molecule has 0 spiro atoms. The van der Waals surface area contributed by atoms with Crippen molar-refractivity contribution in [1.82, 2.24) is 0 Å². The number of hydrogen-bond acceptors (Lipinski definition) is 5. The highest BCUT2D eigenvalue weighted by Crippen LogP contribution is 2.30. The Bertz CT molecular complexity index is 1160. The lowest BCUT2D eigenvalue weighted by atomic mass is 10.2. The van der Waals surface area contributed by atoms with Crippen LogP contribution in [0.15, 0.2) is 56.6 Å². The van der Waals surface area contributed by atoms with E-state index in [4.69, 9.17) is 4.42 Å². The second-order valence-electron chi connectivity index (χ2n) is 6.08. The third kappa shape index (κ3) is 3.80. The predicted octanol–water partition coefficient (Wildman–Crippen LogP) is 3.86. The molecule has 6 nitrogen and oxygen atoms in total. The number of anilines is 2. The molecule has 0 aliphatic heterocycles. The summed E-state index contributed by atoms with van der Waals surface area (Å²) >= 11 is 0. The molecule has 142 valence electrons. The van der Waals surface area contributed by atoms with Gasteiger partial charge in [0.2, 0.25) is 0 Å². The summed E-state index contributed by atoms with van der Waals surface area (Å²) in [5.74, 6) is -0.646. The fourth-order valence-corrected chi connectivity index (χ4v) is 3.69. The van der Waals surface area contributed by atoms with Crippen molar-refractivity contribution >= 4 is 32.4 Å². The minimum absolute atomic E-state index is 0.233. The van der Waals surface area contributed by atoms with Gasteiger partial charge in [-0.3, -0.25) is 4.72 Å². The number of halogens is 1. The standard InChI is InChI=1S/C19H19FN2O4S/c1-3-10-21-17-14-6-4-5-7-16(14)26-19(23)18(17)22-27(24,25)13-9-8-12(2)15(20)11-13/h4-9,11,21-22H,3,10H2,1-2H3. The van der Waals surface area contributed by atoms with Crippen molar-refractivity contribution in [2.45, 2.75) is 25.2 Å². The Morgan fingerprint density at radius 3 is 2.56 bits per heavy atom. The van der Waals surface area contributed by atoms with Gasteiger partial charge in [-0.1, -0.05) is 25.1 Å². The maximum absolute atomic E-state index is 13.8. The predicted molar refractivity (Wildman–Crippen MR) is 103 cm³/mol. The fourth-order valence-electron chi connectivity index (χ4n) is 2.61. The molecule has 0 saturated heterocycles. The third-order valence-electron chi connectivity index (χ3n) is 4.05. The quantitative estimate of drug-likeness (QED) is 0.624. The molecule has 0 saturated carbocycles. The Labute approximate surface area is 156 Å². The molecule has 0 amide bonds. The number of rotatable bonds is 6. The summed E-state index contributed by atoms with van der Waals surface area (Å²) in [7, 11) is -4.18. The Balaban J connectivity index is 2.14. The van der Waals surface area contributed by atoms with Crippen LogP contribution in [0.25, 0.3) is 11.0 Å². The summed E-state index contributed by atoms with van der Waals surface area (Å²) in [5.41, 5.74) is -0.0682. The second-order valence-corrected chi connectivity index (χ2v) is 7.76. The van der Waals surface area contributed by atoms with Gasteiger partial charge in [0.1, 0.15) is 11.4 Å². The number of aryl methyl sites for hydroxylation is 1. The van der Waals surface area contributed by atoms with E-state index in [2.05, 4.69) is 10.0 Å². The van der Waals surface area contributed by atoms with Gasteiger partial charge < -0.3 is 9.73 Å². The lowest BCUT2D eigenvalue weighted by Crippen LogP contribution is -2.21. The van der Waals surface area contributed by atoms with Gasteiger partial charge in [0, 0.05) is 11.9 Å². The van der Waals surface area contributed by atoms with Crippen molar-refractivity contribution in [2.24, 2.45) is 0 Å². The van der Waals surface area contributed by atoms with Gasteiger partial charge in [-0.15, -0.1) is 0 Å². The first-order valence-corrected chi connectivity index (χ1v) is 9.90. The van der Waals surface area contributed by atoms with E-state index in [1.807, 2.05) is 6.92 Å². The first kappa shape index (κ1) is 18.9. The van der Waals surface area contributed by atoms with Gasteiger partial charge in [-0.25, -0.2) is 17.6 Å². The molecule has 3 aromatic rings. The van der Waals surface area contributed by atoms with Crippen LogP contribution >= 0.6 is 0 Å². The van der Waals surface area contributed by atoms with Crippen LogP contribution in [0.5, 0.6) is 0 Å². The molecule has 1 heterocycles. The van der Waals surface area contributed by atoms with Crippen LogP contribution < -0.4 is 15.7 Å². The second kappa shape index (κ2) is 7.40. The first-order chi connectivity index (χ1) is 12.8. The molecule has 0 aliphatic carbocycles. The molecule has 0 atom stereocenters. The van der Waals surface area contributed by atoms with E-state index >= 15 is 0 Å². The maximum atomic E-state index is 13.8. The summed E-state index contributed by atoms with van der Waals surface area (Å²) in [4.78, 5) is 12.2. The SMILES string of the molecule is CCCNc1c(NS(=O)(=O)c2ccc(C)c(F)c2)c(=O)oc2ccccc12. The summed E-state index contributed by atoms with van der Waals surface area (Å²) in [6, 6.07) is 10.4. The van der Waals surface area contributed by atoms with Crippen molar-refractivity contribution < 1.29 is 17.2 Å². The Kier molecular flexibility index (Phi) is 5.18. The highest BCUT2D eigenvalue weighted by Gasteiger charge is 2.22. The highest BCUT2D eigenvalue weighted by molar-refractivity contribution is 7.92. The molecule has 1 aromatic heterocycles. The molecule has 0 bridgehead atoms. The van der Waals surface area contributed by atoms with E-state index < -0.39 is 21.5 Å². The molecule has 27 heavy (non-hydrogen) atoms. The van der Waals surface area contributed by atoms with Crippen LogP contribution in [0.2, 0.25) is 0 Å². The van der Waals surface area contributed by atoms with Crippen LogP contribution in [-0.2, 0) is 10.0 Å². The highest BCUT2D eigenvalue weighted by atomic mass is 32.2. The minimum atomic E-state index is -4.18. The molecule has 0 fully saturated rings. The van der Waals surface area contributed by atoms with E-state index in [0.29, 0.717) is 28.8 Å². The van der Waals surface area contributed by atoms with Crippen molar-refractivity contribution in [3.8, 4) is 0 Å². The molecule has 2 aromatic carbocycles. The van der Waals surface area contributed by atoms with Gasteiger partial charge in [-0.2, -0.15) is 0 Å². The fraction of sp³-hybridized carbons (Fsp3) is 0.211. The molecule has 8 heteroatoms. The summed E-state index contributed by atoms with van der Waals surface area (Å²) < 4.78 is 46.7. The normalized spacial score (nSPS) is 11.5. The molecule has 3 rings (SSSR count). The zero-order valence-electron chi connectivity index (χ0n) is 14.9. The lowest BCUT2D eigenvalue weighted by molar-refractivity contribution is 0.563. The van der Waals surface area contributed by atoms with Gasteiger partial charge in [0.25, 0.3) is 10.0 Å². The van der Waals surface area contributed by atoms with Gasteiger partial charge in [0.05, 0.1) is 10.6 Å². The van der Waals surface area contributed by atoms with E-state index in [-0.39, 0.29) is 10.6 Å². The van der Waals surface area contributed by atoms with Crippen LogP contribution in [-0.4, -0.2) is 15.0 Å². The average Bonchev–Trinajstić information content (AvgIpc) is 2.63. The lowest BCUT2D eigenvalue weighted by Gasteiger charge is -2.15. The molecule has 0 aliphatic rings. The minimum Gasteiger partial charge on any atom is -0.421 e. The van der Waals surface area contributed by atoms with Crippen LogP contribution in [0.4, 0.5) is 15.8 Å². The van der Waals surface area contributed by atoms with Crippen LogP contribution in [0.1, 0.15) is 18.9 Å². The number of sulfonamides is 1. The van der Waals surface area contributed by atoms with E-state index in [9.17, 15) is 17.6 Å². The molecular weight excluding hydrogens is 371 g/mol. The van der Waals surface area contributed by atoms with Crippen molar-refractivity contribution in [3.63, 3.8) is 0 Å². The molecule has 2 N–H and O–H groups in total. The van der Waals surface area contributed by atoms with E-state index in [0.717, 1.165) is 12.5 Å². The Morgan fingerprint density at radius 1 is 1.11 bits per heavy atom. The molecular formula is C19H19FN2O4S. The van der Waals surface area contributed by atoms with Gasteiger partial charge in [-0.05, 0) is 43.2 Å². The zero-order chi connectivity index (χ0) is 19.6. The Morgan fingerprint density at radius 2 is 1.85 bits per heavy atom. The average molecular weight is 390 g/mol. The van der Waals surface area contributed by atoms with Crippen molar-refractivity contribution in [1.29, 1.82) is 0 Å². The van der Waals surface area contributed by atoms with Gasteiger partial charge >= 0.3 is 5.63 Å². The van der Waals surface area contributed by atoms with Crippen LogP contribution in [0, 0.1) is 12.7 Å². The number of para-hydroxylation sites is 1. The zero-order valence-corrected chi connectivity index (χ0v) is 15.7. The summed E-state index contributed by atoms with van der Waals surface area (Å²) in [6.07, 6.45) is 0.768. The van der Waals surface area contributed by atoms with Crippen LogP contribution in [0.3, 0.4) is 0 Å². The number of benzene rings is 2. The third-order valence-corrected chi connectivity index (χ3v) is 5.40. The first-order valence-electron chi connectivity index (χ1n) is 8.42. The van der Waals surface area contributed by atoms with Crippen molar-refractivity contribution in [2.75, 3.05) is 16.6 Å². The van der Waals surface area contributed by atoms with E-state index in [1.165, 1.54) is 19.1 Å². The molecule has 0 radical (unpaired) electrons. The number of fused-ring (bicyclic) bond motifs is 1. The number of nitrogens with one attached hydrogen (secondary N) is 2. The topological polar surface area (TPSA) is 88.4 Å². The summed E-state index contributed by atoms with van der Waals surface area (Å²) in [5, 5.41) is 3.65. The molecule has 0 unspecified atom stereocenters. The maximum Gasteiger partial charge on any atom is 0.363 e. The van der Waals surface area contributed by atoms with Crippen molar-refractivity contribution in [3.05, 3.63) is 64.3 Å². The Hall–Kier alpha value is -2.87. The number of hydrogen-bond donors (Lipinski definition) is 2. The monoisotopic (exact) mass is 390 g/mol. The largest absolute Gasteiger partial charge is 0.421 e. The van der Waals surface area contributed by atoms with E-state index in [1.54, 1.807) is 24.3 Å². The summed E-state index contributed by atoms with van der Waals surface area (Å²) in [6.45, 7) is 4.00. The van der Waals surface area contributed by atoms with Gasteiger partial charge in [0.15, 0.2) is 5.69 Å².